The zero-order chi connectivity index (χ0) is 15.1. The van der Waals surface area contributed by atoms with Gasteiger partial charge in [-0.05, 0) is 25.1 Å². The number of carboxylic acids is 1. The number of aliphatic carboxylic acids is 1. The number of hydrogen-bond acceptors (Lipinski definition) is 3. The highest BCUT2D eigenvalue weighted by molar-refractivity contribution is 5.97. The Kier molecular flexibility index (Phi) is 5.71. The molecule has 0 fully saturated rings. The fourth-order valence-corrected chi connectivity index (χ4v) is 1.61. The van der Waals surface area contributed by atoms with Crippen molar-refractivity contribution < 1.29 is 19.5 Å². The second-order valence-corrected chi connectivity index (χ2v) is 4.45. The zero-order valence-corrected chi connectivity index (χ0v) is 11.5. The number of carbonyl (C=O) groups is 3. The number of anilines is 1. The largest absolute Gasteiger partial charge is 0.481 e. The molecule has 1 aromatic rings. The molecule has 0 spiro atoms. The molecule has 3 N–H and O–H groups in total. The van der Waals surface area contributed by atoms with Gasteiger partial charge < -0.3 is 15.7 Å². The number of amides is 2. The van der Waals surface area contributed by atoms with E-state index in [1.165, 1.54) is 0 Å². The van der Waals surface area contributed by atoms with E-state index in [1.54, 1.807) is 38.1 Å². The molecule has 1 atom stereocenters. The minimum Gasteiger partial charge on any atom is -0.481 e. The van der Waals surface area contributed by atoms with Gasteiger partial charge in [-0.2, -0.15) is 0 Å². The predicted molar refractivity (Wildman–Crippen MR) is 74.5 cm³/mol. The Hall–Kier alpha value is -2.37. The Labute approximate surface area is 117 Å². The molecule has 0 bridgehead atoms. The molecule has 0 saturated heterocycles. The summed E-state index contributed by atoms with van der Waals surface area (Å²) in [5.74, 6) is -1.48. The average Bonchev–Trinajstić information content (AvgIpc) is 2.37. The van der Waals surface area contributed by atoms with Gasteiger partial charge >= 0.3 is 5.97 Å². The van der Waals surface area contributed by atoms with E-state index in [9.17, 15) is 14.4 Å². The molecule has 0 radical (unpaired) electrons. The fourth-order valence-electron chi connectivity index (χ4n) is 1.61. The average molecular weight is 278 g/mol. The summed E-state index contributed by atoms with van der Waals surface area (Å²) in [4.78, 5) is 33.7. The quantitative estimate of drug-likeness (QED) is 0.737. The van der Waals surface area contributed by atoms with Crippen molar-refractivity contribution in [2.45, 2.75) is 32.7 Å². The molecule has 6 nitrogen and oxygen atoms in total. The minimum absolute atomic E-state index is 0.137. The molecule has 6 heteroatoms. The van der Waals surface area contributed by atoms with Crippen LogP contribution in [-0.4, -0.2) is 28.9 Å². The lowest BCUT2D eigenvalue weighted by Gasteiger charge is -2.12. The van der Waals surface area contributed by atoms with Crippen LogP contribution in [0.4, 0.5) is 5.69 Å². The highest BCUT2D eigenvalue weighted by Gasteiger charge is 2.13. The van der Waals surface area contributed by atoms with Crippen LogP contribution in [0.5, 0.6) is 0 Å². The van der Waals surface area contributed by atoms with E-state index in [0.29, 0.717) is 17.7 Å². The number of hydrogen-bond donors (Lipinski definition) is 3. The van der Waals surface area contributed by atoms with E-state index >= 15 is 0 Å². The Morgan fingerprint density at radius 2 is 2.00 bits per heavy atom. The van der Waals surface area contributed by atoms with Crippen molar-refractivity contribution >= 4 is 23.5 Å². The van der Waals surface area contributed by atoms with Gasteiger partial charge in [-0.25, -0.2) is 0 Å². The molecule has 0 aliphatic carbocycles. The van der Waals surface area contributed by atoms with Gasteiger partial charge in [-0.1, -0.05) is 13.0 Å². The first kappa shape index (κ1) is 15.7. The van der Waals surface area contributed by atoms with E-state index in [1.807, 2.05) is 0 Å². The highest BCUT2D eigenvalue weighted by atomic mass is 16.4. The van der Waals surface area contributed by atoms with Gasteiger partial charge in [-0.3, -0.25) is 14.4 Å². The molecule has 108 valence electrons. The second-order valence-electron chi connectivity index (χ2n) is 4.45. The van der Waals surface area contributed by atoms with Crippen LogP contribution in [0.3, 0.4) is 0 Å². The third-order valence-corrected chi connectivity index (χ3v) is 2.59. The Bertz CT molecular complexity index is 514. The van der Waals surface area contributed by atoms with Crippen molar-refractivity contribution in [2.24, 2.45) is 0 Å². The smallest absolute Gasteiger partial charge is 0.305 e. The minimum atomic E-state index is -0.971. The third kappa shape index (κ3) is 5.09. The monoisotopic (exact) mass is 278 g/mol. The number of benzene rings is 1. The maximum Gasteiger partial charge on any atom is 0.305 e. The van der Waals surface area contributed by atoms with Crippen molar-refractivity contribution in [3.63, 3.8) is 0 Å². The van der Waals surface area contributed by atoms with Gasteiger partial charge in [0.05, 0.1) is 6.42 Å². The van der Waals surface area contributed by atoms with Crippen LogP contribution in [0.2, 0.25) is 0 Å². The summed E-state index contributed by atoms with van der Waals surface area (Å²) in [5, 5.41) is 13.9. The van der Waals surface area contributed by atoms with Crippen LogP contribution < -0.4 is 10.6 Å². The molecule has 0 saturated carbocycles. The number of carboxylic acid groups (broad SMARTS) is 1. The zero-order valence-electron chi connectivity index (χ0n) is 11.5. The highest BCUT2D eigenvalue weighted by Crippen LogP contribution is 2.11. The van der Waals surface area contributed by atoms with Crippen molar-refractivity contribution in [1.82, 2.24) is 5.32 Å². The molecule has 2 amide bonds. The molecule has 20 heavy (non-hydrogen) atoms. The first-order chi connectivity index (χ1) is 9.42. The van der Waals surface area contributed by atoms with Crippen molar-refractivity contribution in [3.8, 4) is 0 Å². The Morgan fingerprint density at radius 1 is 1.30 bits per heavy atom. The summed E-state index contributed by atoms with van der Waals surface area (Å²) in [6.07, 6.45) is 0.212. The predicted octanol–water partition coefficient (Wildman–Crippen LogP) is 1.63. The SMILES string of the molecule is CCC(=O)Nc1cccc(C(=O)N[C@H](C)CC(=O)O)c1. The van der Waals surface area contributed by atoms with Crippen molar-refractivity contribution in [3.05, 3.63) is 29.8 Å². The lowest BCUT2D eigenvalue weighted by atomic mass is 10.1. The van der Waals surface area contributed by atoms with E-state index in [-0.39, 0.29) is 18.2 Å². The topological polar surface area (TPSA) is 95.5 Å². The number of nitrogens with one attached hydrogen (secondary N) is 2. The molecule has 1 rings (SSSR count). The lowest BCUT2D eigenvalue weighted by Crippen LogP contribution is -2.34. The van der Waals surface area contributed by atoms with Crippen molar-refractivity contribution in [2.75, 3.05) is 5.32 Å². The summed E-state index contributed by atoms with van der Waals surface area (Å²) < 4.78 is 0. The molecule has 0 unspecified atom stereocenters. The normalized spacial score (nSPS) is 11.5. The summed E-state index contributed by atoms with van der Waals surface area (Å²) in [7, 11) is 0. The molecular formula is C14H18N2O4. The van der Waals surface area contributed by atoms with E-state index in [4.69, 9.17) is 5.11 Å². The van der Waals surface area contributed by atoms with Crippen LogP contribution >= 0.6 is 0 Å². The molecular weight excluding hydrogens is 260 g/mol. The van der Waals surface area contributed by atoms with Crippen LogP contribution in [0.25, 0.3) is 0 Å². The number of carbonyl (C=O) groups excluding carboxylic acids is 2. The maximum absolute atomic E-state index is 11.9. The molecule has 0 aliphatic rings. The Balaban J connectivity index is 2.71. The first-order valence-corrected chi connectivity index (χ1v) is 6.35. The standard InChI is InChI=1S/C14H18N2O4/c1-3-12(17)16-11-6-4-5-10(8-11)14(20)15-9(2)7-13(18)19/h4-6,8-9H,3,7H2,1-2H3,(H,15,20)(H,16,17)(H,18,19)/t9-/m1/s1. The second kappa shape index (κ2) is 7.28. The van der Waals surface area contributed by atoms with Crippen molar-refractivity contribution in [1.29, 1.82) is 0 Å². The summed E-state index contributed by atoms with van der Waals surface area (Å²) in [6, 6.07) is 6.03. The molecule has 0 aromatic heterocycles. The van der Waals surface area contributed by atoms with Gasteiger partial charge in [0, 0.05) is 23.7 Å². The molecule has 0 heterocycles. The van der Waals surface area contributed by atoms with Crippen LogP contribution in [0.15, 0.2) is 24.3 Å². The van der Waals surface area contributed by atoms with Crippen LogP contribution in [-0.2, 0) is 9.59 Å². The fraction of sp³-hybridized carbons (Fsp3) is 0.357. The maximum atomic E-state index is 11.9. The Morgan fingerprint density at radius 3 is 2.60 bits per heavy atom. The summed E-state index contributed by atoms with van der Waals surface area (Å²) in [6.45, 7) is 3.36. The van der Waals surface area contributed by atoms with Gasteiger partial charge in [-0.15, -0.1) is 0 Å². The number of rotatable bonds is 6. The summed E-state index contributed by atoms with van der Waals surface area (Å²) >= 11 is 0. The van der Waals surface area contributed by atoms with E-state index in [0.717, 1.165) is 0 Å². The van der Waals surface area contributed by atoms with Gasteiger partial charge in [0.1, 0.15) is 0 Å². The third-order valence-electron chi connectivity index (χ3n) is 2.59. The van der Waals surface area contributed by atoms with Crippen LogP contribution in [0, 0.1) is 0 Å². The first-order valence-electron chi connectivity index (χ1n) is 6.35. The van der Waals surface area contributed by atoms with Gasteiger partial charge in [0.15, 0.2) is 0 Å². The lowest BCUT2D eigenvalue weighted by molar-refractivity contribution is -0.137. The molecule has 0 aliphatic heterocycles. The van der Waals surface area contributed by atoms with E-state index in [2.05, 4.69) is 10.6 Å². The van der Waals surface area contributed by atoms with Crippen LogP contribution in [0.1, 0.15) is 37.0 Å². The molecule has 1 aromatic carbocycles. The van der Waals surface area contributed by atoms with Gasteiger partial charge in [0.25, 0.3) is 5.91 Å². The summed E-state index contributed by atoms with van der Waals surface area (Å²) in [5.41, 5.74) is 0.909. The van der Waals surface area contributed by atoms with Gasteiger partial charge in [0.2, 0.25) is 5.91 Å². The van der Waals surface area contributed by atoms with E-state index < -0.39 is 12.0 Å².